The highest BCUT2D eigenvalue weighted by Crippen LogP contribution is 2.31. The molecule has 0 bridgehead atoms. The second kappa shape index (κ2) is 8.05. The molecule has 2 aromatic carbocycles. The van der Waals surface area contributed by atoms with Gasteiger partial charge in [-0.15, -0.1) is 0 Å². The van der Waals surface area contributed by atoms with Gasteiger partial charge in [-0.1, -0.05) is 31.2 Å². The number of rotatable bonds is 5. The number of benzene rings is 2. The first-order chi connectivity index (χ1) is 13.7. The van der Waals surface area contributed by atoms with E-state index in [0.717, 1.165) is 36.6 Å². The van der Waals surface area contributed by atoms with Crippen LogP contribution in [0, 0.1) is 5.92 Å². The van der Waals surface area contributed by atoms with Crippen molar-refractivity contribution >= 4 is 28.9 Å². The molecule has 0 aromatic heterocycles. The van der Waals surface area contributed by atoms with Crippen LogP contribution in [0.25, 0.3) is 0 Å². The molecule has 2 aromatic rings. The monoisotopic (exact) mass is 377 g/mol. The van der Waals surface area contributed by atoms with Crippen LogP contribution in [0.1, 0.15) is 31.7 Å². The van der Waals surface area contributed by atoms with Gasteiger partial charge < -0.3 is 15.1 Å². The molecule has 2 saturated heterocycles. The first-order valence-corrected chi connectivity index (χ1v) is 10.2. The quantitative estimate of drug-likeness (QED) is 0.861. The summed E-state index contributed by atoms with van der Waals surface area (Å²) in [4.78, 5) is 29.5. The number of hydrogen-bond donors (Lipinski definition) is 1. The number of aryl methyl sites for hydroxylation is 1. The molecule has 0 aliphatic carbocycles. The van der Waals surface area contributed by atoms with Crippen LogP contribution in [-0.2, 0) is 16.0 Å². The van der Waals surface area contributed by atoms with Crippen LogP contribution in [0.5, 0.6) is 0 Å². The van der Waals surface area contributed by atoms with E-state index in [1.165, 1.54) is 18.4 Å². The number of carbonyl (C=O) groups is 2. The summed E-state index contributed by atoms with van der Waals surface area (Å²) in [6, 6.07) is 16.0. The number of nitrogens with one attached hydrogen (secondary N) is 1. The molecule has 0 radical (unpaired) electrons. The SMILES string of the molecule is CCc1ccc(N2C[C@@H](C(=O)Nc3ccccc3N3CCCC3)CC2=O)cc1. The highest BCUT2D eigenvalue weighted by atomic mass is 16.2. The van der Waals surface area contributed by atoms with Crippen LogP contribution < -0.4 is 15.1 Å². The lowest BCUT2D eigenvalue weighted by Gasteiger charge is -2.22. The van der Waals surface area contributed by atoms with Gasteiger partial charge in [-0.05, 0) is 49.1 Å². The number of para-hydroxylation sites is 2. The van der Waals surface area contributed by atoms with Crippen LogP contribution in [0.2, 0.25) is 0 Å². The molecule has 2 aliphatic heterocycles. The average Bonchev–Trinajstić information content (AvgIpc) is 3.38. The van der Waals surface area contributed by atoms with Crippen molar-refractivity contribution in [3.8, 4) is 0 Å². The Morgan fingerprint density at radius 3 is 2.50 bits per heavy atom. The van der Waals surface area contributed by atoms with Crippen molar-refractivity contribution in [2.45, 2.75) is 32.6 Å². The molecule has 2 amide bonds. The third kappa shape index (κ3) is 3.75. The van der Waals surface area contributed by atoms with Crippen LogP contribution in [-0.4, -0.2) is 31.4 Å². The number of anilines is 3. The van der Waals surface area contributed by atoms with Crippen LogP contribution in [0.15, 0.2) is 48.5 Å². The molecule has 5 heteroatoms. The first-order valence-electron chi connectivity index (χ1n) is 10.2. The first kappa shape index (κ1) is 18.5. The summed E-state index contributed by atoms with van der Waals surface area (Å²) in [5.41, 5.74) is 4.02. The predicted octanol–water partition coefficient (Wildman–Crippen LogP) is 3.84. The Hall–Kier alpha value is -2.82. The second-order valence-electron chi connectivity index (χ2n) is 7.63. The van der Waals surface area contributed by atoms with Gasteiger partial charge in [0.1, 0.15) is 0 Å². The van der Waals surface area contributed by atoms with Crippen molar-refractivity contribution in [2.75, 3.05) is 34.8 Å². The minimum Gasteiger partial charge on any atom is -0.370 e. The summed E-state index contributed by atoms with van der Waals surface area (Å²) in [5, 5.41) is 3.08. The highest BCUT2D eigenvalue weighted by Gasteiger charge is 2.35. The largest absolute Gasteiger partial charge is 0.370 e. The van der Waals surface area contributed by atoms with Crippen LogP contribution in [0.4, 0.5) is 17.1 Å². The summed E-state index contributed by atoms with van der Waals surface area (Å²) in [7, 11) is 0. The normalized spacial score (nSPS) is 19.3. The molecular formula is C23H27N3O2. The third-order valence-electron chi connectivity index (χ3n) is 5.76. The maximum absolute atomic E-state index is 12.9. The van der Waals surface area contributed by atoms with Crippen molar-refractivity contribution < 1.29 is 9.59 Å². The van der Waals surface area contributed by atoms with E-state index >= 15 is 0 Å². The number of nitrogens with zero attached hydrogens (tertiary/aromatic N) is 2. The minimum atomic E-state index is -0.329. The minimum absolute atomic E-state index is 0.0113. The van der Waals surface area contributed by atoms with Crippen molar-refractivity contribution in [1.82, 2.24) is 0 Å². The molecule has 5 nitrogen and oxygen atoms in total. The van der Waals surface area contributed by atoms with Gasteiger partial charge in [0.25, 0.3) is 0 Å². The lowest BCUT2D eigenvalue weighted by atomic mass is 10.1. The molecule has 2 heterocycles. The zero-order valence-electron chi connectivity index (χ0n) is 16.4. The van der Waals surface area contributed by atoms with E-state index in [2.05, 4.69) is 23.2 Å². The summed E-state index contributed by atoms with van der Waals surface area (Å²) in [6.07, 6.45) is 3.60. The molecule has 1 atom stereocenters. The molecule has 2 aliphatic rings. The van der Waals surface area contributed by atoms with Gasteiger partial charge in [0, 0.05) is 31.7 Å². The molecule has 146 valence electrons. The number of amides is 2. The Morgan fingerprint density at radius 2 is 1.79 bits per heavy atom. The molecule has 28 heavy (non-hydrogen) atoms. The predicted molar refractivity (Wildman–Crippen MR) is 113 cm³/mol. The van der Waals surface area contributed by atoms with E-state index in [-0.39, 0.29) is 24.2 Å². The van der Waals surface area contributed by atoms with Gasteiger partial charge in [0.15, 0.2) is 0 Å². The Labute approximate surface area is 166 Å². The molecule has 1 N–H and O–H groups in total. The third-order valence-corrected chi connectivity index (χ3v) is 5.76. The fourth-order valence-corrected chi connectivity index (χ4v) is 4.09. The maximum Gasteiger partial charge on any atom is 0.229 e. The molecule has 0 unspecified atom stereocenters. The highest BCUT2D eigenvalue weighted by molar-refractivity contribution is 6.04. The zero-order chi connectivity index (χ0) is 19.5. The Balaban J connectivity index is 1.45. The van der Waals surface area contributed by atoms with Crippen molar-refractivity contribution in [3.05, 3.63) is 54.1 Å². The topological polar surface area (TPSA) is 52.7 Å². The van der Waals surface area contributed by atoms with Crippen molar-refractivity contribution in [3.63, 3.8) is 0 Å². The fraction of sp³-hybridized carbons (Fsp3) is 0.391. The molecule has 2 fully saturated rings. The summed E-state index contributed by atoms with van der Waals surface area (Å²) < 4.78 is 0. The summed E-state index contributed by atoms with van der Waals surface area (Å²) in [5.74, 6) is -0.394. The fourth-order valence-electron chi connectivity index (χ4n) is 4.09. The van der Waals surface area contributed by atoms with Gasteiger partial charge in [-0.3, -0.25) is 9.59 Å². The smallest absolute Gasteiger partial charge is 0.229 e. The summed E-state index contributed by atoms with van der Waals surface area (Å²) in [6.45, 7) is 4.59. The van der Waals surface area contributed by atoms with Crippen LogP contribution in [0.3, 0.4) is 0 Å². The van der Waals surface area contributed by atoms with Gasteiger partial charge in [-0.25, -0.2) is 0 Å². The lowest BCUT2D eigenvalue weighted by Crippen LogP contribution is -2.29. The average molecular weight is 377 g/mol. The summed E-state index contributed by atoms with van der Waals surface area (Å²) >= 11 is 0. The van der Waals surface area contributed by atoms with Crippen molar-refractivity contribution in [1.29, 1.82) is 0 Å². The Kier molecular flexibility index (Phi) is 5.33. The molecule has 0 saturated carbocycles. The van der Waals surface area contributed by atoms with Crippen molar-refractivity contribution in [2.24, 2.45) is 5.92 Å². The number of carbonyl (C=O) groups excluding carboxylic acids is 2. The lowest BCUT2D eigenvalue weighted by molar-refractivity contribution is -0.122. The van der Waals surface area contributed by atoms with E-state index in [1.807, 2.05) is 42.5 Å². The van der Waals surface area contributed by atoms with E-state index in [4.69, 9.17) is 0 Å². The number of hydrogen-bond acceptors (Lipinski definition) is 3. The molecule has 0 spiro atoms. The Morgan fingerprint density at radius 1 is 1.07 bits per heavy atom. The van der Waals surface area contributed by atoms with Gasteiger partial charge >= 0.3 is 0 Å². The molecular weight excluding hydrogens is 350 g/mol. The second-order valence-corrected chi connectivity index (χ2v) is 7.63. The standard InChI is InChI=1S/C23H27N3O2/c1-2-17-9-11-19(12-10-17)26-16-18(15-22(26)27)23(28)24-20-7-3-4-8-21(20)25-13-5-6-14-25/h3-4,7-12,18H,2,5-6,13-16H2,1H3,(H,24,28)/t18-/m0/s1. The van der Waals surface area contributed by atoms with E-state index < -0.39 is 0 Å². The van der Waals surface area contributed by atoms with Gasteiger partial charge in [0.05, 0.1) is 17.3 Å². The van der Waals surface area contributed by atoms with Gasteiger partial charge in [-0.2, -0.15) is 0 Å². The van der Waals surface area contributed by atoms with Gasteiger partial charge in [0.2, 0.25) is 11.8 Å². The zero-order valence-corrected chi connectivity index (χ0v) is 16.4. The van der Waals surface area contributed by atoms with E-state index in [1.54, 1.807) is 4.90 Å². The maximum atomic E-state index is 12.9. The van der Waals surface area contributed by atoms with Crippen LogP contribution >= 0.6 is 0 Å². The van der Waals surface area contributed by atoms with E-state index in [0.29, 0.717) is 6.54 Å². The Bertz CT molecular complexity index is 856. The molecule has 4 rings (SSSR count). The van der Waals surface area contributed by atoms with E-state index in [9.17, 15) is 9.59 Å².